The Balaban J connectivity index is 1.95. The second kappa shape index (κ2) is 4.58. The molecule has 18 heavy (non-hydrogen) atoms. The van der Waals surface area contributed by atoms with Gasteiger partial charge < -0.3 is 0 Å². The molecule has 0 unspecified atom stereocenters. The highest BCUT2D eigenvalue weighted by Crippen LogP contribution is 2.12. The van der Waals surface area contributed by atoms with E-state index >= 15 is 0 Å². The van der Waals surface area contributed by atoms with Gasteiger partial charge in [0.25, 0.3) is 0 Å². The molecule has 0 saturated carbocycles. The highest BCUT2D eigenvalue weighted by Gasteiger charge is 2.06. The first-order chi connectivity index (χ1) is 8.93. The topological polar surface area (TPSA) is 90.2 Å². The standard InChI is InChI=1S/C11H7N7/c1-4-12-5-2-8(1)10-15-17-11(18-16-10)9-3-6-13-7-14-9/h1-7H. The largest absolute Gasteiger partial charge is 0.265 e. The van der Waals surface area contributed by atoms with Gasteiger partial charge in [-0.2, -0.15) is 0 Å². The molecule has 86 valence electrons. The third-order valence-corrected chi connectivity index (χ3v) is 2.23. The van der Waals surface area contributed by atoms with Crippen molar-refractivity contribution in [1.29, 1.82) is 0 Å². The third kappa shape index (κ3) is 2.01. The molecule has 0 fully saturated rings. The molecule has 3 aromatic heterocycles. The molecular weight excluding hydrogens is 230 g/mol. The Morgan fingerprint density at radius 2 is 1.33 bits per heavy atom. The van der Waals surface area contributed by atoms with Gasteiger partial charge in [0.15, 0.2) is 0 Å². The molecule has 7 nitrogen and oxygen atoms in total. The van der Waals surface area contributed by atoms with Crippen LogP contribution in [0.2, 0.25) is 0 Å². The summed E-state index contributed by atoms with van der Waals surface area (Å²) in [5, 5.41) is 16.0. The number of hydrogen-bond acceptors (Lipinski definition) is 7. The molecule has 3 aromatic rings. The molecule has 3 heterocycles. The van der Waals surface area contributed by atoms with Gasteiger partial charge in [0.1, 0.15) is 12.0 Å². The fraction of sp³-hybridized carbons (Fsp3) is 0. The minimum absolute atomic E-state index is 0.371. The molecular formula is C11H7N7. The summed E-state index contributed by atoms with van der Waals surface area (Å²) in [7, 11) is 0. The van der Waals surface area contributed by atoms with Crippen LogP contribution >= 0.6 is 0 Å². The van der Waals surface area contributed by atoms with Gasteiger partial charge in [-0.05, 0) is 18.2 Å². The van der Waals surface area contributed by atoms with Crippen molar-refractivity contribution in [3.05, 3.63) is 43.1 Å². The van der Waals surface area contributed by atoms with Gasteiger partial charge in [-0.25, -0.2) is 9.97 Å². The zero-order valence-corrected chi connectivity index (χ0v) is 9.17. The van der Waals surface area contributed by atoms with E-state index in [9.17, 15) is 0 Å². The first-order valence-corrected chi connectivity index (χ1v) is 5.18. The summed E-state index contributed by atoms with van der Waals surface area (Å²) in [6.07, 6.45) is 6.37. The molecule has 0 radical (unpaired) electrons. The molecule has 0 aromatic carbocycles. The van der Waals surface area contributed by atoms with Crippen LogP contribution in [0.5, 0.6) is 0 Å². The fourth-order valence-corrected chi connectivity index (χ4v) is 1.37. The zero-order chi connectivity index (χ0) is 12.2. The van der Waals surface area contributed by atoms with Crippen LogP contribution < -0.4 is 0 Å². The van der Waals surface area contributed by atoms with E-state index in [1.807, 2.05) is 0 Å². The smallest absolute Gasteiger partial charge is 0.222 e. The Morgan fingerprint density at radius 3 is 2.00 bits per heavy atom. The molecule has 0 spiro atoms. The van der Waals surface area contributed by atoms with Gasteiger partial charge in [0.2, 0.25) is 11.6 Å². The van der Waals surface area contributed by atoms with E-state index in [1.54, 1.807) is 36.8 Å². The maximum atomic E-state index is 4.03. The summed E-state index contributed by atoms with van der Waals surface area (Å²) < 4.78 is 0. The number of pyridine rings is 1. The molecule has 0 aliphatic carbocycles. The van der Waals surface area contributed by atoms with Crippen LogP contribution in [-0.4, -0.2) is 35.3 Å². The Kier molecular flexibility index (Phi) is 2.63. The normalized spacial score (nSPS) is 10.2. The first kappa shape index (κ1) is 10.3. The van der Waals surface area contributed by atoms with Crippen LogP contribution in [0.25, 0.3) is 22.9 Å². The van der Waals surface area contributed by atoms with Gasteiger partial charge in [0, 0.05) is 24.2 Å². The number of hydrogen-bond donors (Lipinski definition) is 0. The average Bonchev–Trinajstić information content (AvgIpc) is 2.49. The van der Waals surface area contributed by atoms with Gasteiger partial charge in [-0.1, -0.05) is 0 Å². The van der Waals surface area contributed by atoms with Crippen molar-refractivity contribution in [3.8, 4) is 22.9 Å². The van der Waals surface area contributed by atoms with Crippen molar-refractivity contribution in [3.63, 3.8) is 0 Å². The van der Waals surface area contributed by atoms with Crippen LogP contribution in [0.4, 0.5) is 0 Å². The lowest BCUT2D eigenvalue weighted by molar-refractivity contribution is 0.868. The van der Waals surface area contributed by atoms with E-state index in [-0.39, 0.29) is 0 Å². The Labute approximate surface area is 102 Å². The number of aromatic nitrogens is 7. The second-order valence-corrected chi connectivity index (χ2v) is 3.38. The second-order valence-electron chi connectivity index (χ2n) is 3.38. The van der Waals surface area contributed by atoms with Crippen molar-refractivity contribution in [1.82, 2.24) is 35.3 Å². The summed E-state index contributed by atoms with van der Waals surface area (Å²) in [4.78, 5) is 11.8. The Hall–Kier alpha value is -2.83. The monoisotopic (exact) mass is 237 g/mol. The van der Waals surface area contributed by atoms with Crippen molar-refractivity contribution in [2.75, 3.05) is 0 Å². The van der Waals surface area contributed by atoms with Crippen LogP contribution in [0, 0.1) is 0 Å². The molecule has 7 heteroatoms. The van der Waals surface area contributed by atoms with Crippen LogP contribution in [0.3, 0.4) is 0 Å². The molecule has 3 rings (SSSR count). The SMILES string of the molecule is c1cc(-c2nnc(-c3ccncn3)nn2)ccn1. The van der Waals surface area contributed by atoms with Gasteiger partial charge >= 0.3 is 0 Å². The maximum Gasteiger partial charge on any atom is 0.222 e. The number of rotatable bonds is 2. The summed E-state index contributed by atoms with van der Waals surface area (Å²) in [5.74, 6) is 0.824. The molecule has 0 aliphatic rings. The van der Waals surface area contributed by atoms with E-state index in [0.717, 1.165) is 5.56 Å². The maximum absolute atomic E-state index is 4.03. The van der Waals surface area contributed by atoms with Crippen LogP contribution in [-0.2, 0) is 0 Å². The molecule has 0 aliphatic heterocycles. The fourth-order valence-electron chi connectivity index (χ4n) is 1.37. The van der Waals surface area contributed by atoms with Gasteiger partial charge in [-0.15, -0.1) is 20.4 Å². The van der Waals surface area contributed by atoms with Crippen LogP contribution in [0.15, 0.2) is 43.1 Å². The lowest BCUT2D eigenvalue weighted by Crippen LogP contribution is -2.00. The average molecular weight is 237 g/mol. The first-order valence-electron chi connectivity index (χ1n) is 5.18. The number of nitrogens with zero attached hydrogens (tertiary/aromatic N) is 7. The van der Waals surface area contributed by atoms with E-state index in [0.29, 0.717) is 17.3 Å². The lowest BCUT2D eigenvalue weighted by Gasteiger charge is -1.98. The zero-order valence-electron chi connectivity index (χ0n) is 9.17. The molecule has 0 bridgehead atoms. The molecule has 0 saturated heterocycles. The molecule has 0 amide bonds. The summed E-state index contributed by atoms with van der Waals surface area (Å²) in [6.45, 7) is 0. The molecule has 0 atom stereocenters. The Morgan fingerprint density at radius 1 is 0.667 bits per heavy atom. The minimum Gasteiger partial charge on any atom is -0.265 e. The summed E-state index contributed by atoms with van der Waals surface area (Å²) in [5.41, 5.74) is 1.41. The van der Waals surface area contributed by atoms with Crippen LogP contribution in [0.1, 0.15) is 0 Å². The predicted octanol–water partition coefficient (Wildman–Crippen LogP) is 0.786. The van der Waals surface area contributed by atoms with Crippen molar-refractivity contribution < 1.29 is 0 Å². The predicted molar refractivity (Wildman–Crippen MR) is 61.9 cm³/mol. The minimum atomic E-state index is 0.371. The van der Waals surface area contributed by atoms with E-state index < -0.39 is 0 Å². The van der Waals surface area contributed by atoms with E-state index in [4.69, 9.17) is 0 Å². The third-order valence-electron chi connectivity index (χ3n) is 2.23. The lowest BCUT2D eigenvalue weighted by atomic mass is 10.2. The molecule has 0 N–H and O–H groups in total. The summed E-state index contributed by atoms with van der Waals surface area (Å²) in [6, 6.07) is 5.29. The van der Waals surface area contributed by atoms with Crippen molar-refractivity contribution in [2.24, 2.45) is 0 Å². The van der Waals surface area contributed by atoms with Gasteiger partial charge in [0.05, 0.1) is 0 Å². The highest BCUT2D eigenvalue weighted by atomic mass is 15.3. The Bertz CT molecular complexity index is 566. The van der Waals surface area contributed by atoms with Crippen molar-refractivity contribution >= 4 is 0 Å². The van der Waals surface area contributed by atoms with Gasteiger partial charge in [-0.3, -0.25) is 4.98 Å². The highest BCUT2D eigenvalue weighted by molar-refractivity contribution is 5.53. The quantitative estimate of drug-likeness (QED) is 0.650. The van der Waals surface area contributed by atoms with Crippen molar-refractivity contribution in [2.45, 2.75) is 0 Å². The van der Waals surface area contributed by atoms with E-state index in [1.165, 1.54) is 6.33 Å². The summed E-state index contributed by atoms with van der Waals surface area (Å²) >= 11 is 0. The van der Waals surface area contributed by atoms with E-state index in [2.05, 4.69) is 35.3 Å².